The minimum atomic E-state index is 0.208. The molecular weight excluding hydrogens is 204 g/mol. The number of hydrogen-bond acceptors (Lipinski definition) is 4. The van der Waals surface area contributed by atoms with Crippen LogP contribution in [0.5, 0.6) is 5.75 Å². The van der Waals surface area contributed by atoms with Gasteiger partial charge in [0.05, 0.1) is 6.20 Å². The third kappa shape index (κ3) is 2.41. The van der Waals surface area contributed by atoms with E-state index in [-0.39, 0.29) is 5.75 Å². The molecule has 1 heterocycles. The molecule has 1 aromatic carbocycles. The minimum Gasteiger partial charge on any atom is -0.508 e. The van der Waals surface area contributed by atoms with Gasteiger partial charge in [0.25, 0.3) is 0 Å². The van der Waals surface area contributed by atoms with E-state index >= 15 is 0 Å². The van der Waals surface area contributed by atoms with Crippen LogP contribution in [-0.4, -0.2) is 16.6 Å². The fraction of sp³-hybridized carbons (Fsp3) is 0.250. The molecule has 0 radical (unpaired) electrons. The molecule has 0 spiro atoms. The third-order valence-electron chi connectivity index (χ3n) is 2.27. The Labute approximate surface area is 93.7 Å². The summed E-state index contributed by atoms with van der Waals surface area (Å²) >= 11 is 0. The predicted molar refractivity (Wildman–Crippen MR) is 61.0 cm³/mol. The van der Waals surface area contributed by atoms with Gasteiger partial charge in [0.1, 0.15) is 11.5 Å². The van der Waals surface area contributed by atoms with Crippen molar-refractivity contribution in [2.24, 2.45) is 5.73 Å². The molecule has 2 aromatic rings. The second kappa shape index (κ2) is 4.81. The molecule has 16 heavy (non-hydrogen) atoms. The van der Waals surface area contributed by atoms with Crippen molar-refractivity contribution in [1.82, 2.24) is 4.98 Å². The Bertz CT molecular complexity index is 466. The summed E-state index contributed by atoms with van der Waals surface area (Å²) in [5.41, 5.74) is 6.20. The highest BCUT2D eigenvalue weighted by molar-refractivity contribution is 5.55. The molecule has 4 heteroatoms. The summed E-state index contributed by atoms with van der Waals surface area (Å²) in [6, 6.07) is 6.84. The van der Waals surface area contributed by atoms with Gasteiger partial charge >= 0.3 is 0 Å². The second-order valence-electron chi connectivity index (χ2n) is 3.57. The van der Waals surface area contributed by atoms with Crippen LogP contribution in [0.4, 0.5) is 0 Å². The molecule has 0 atom stereocenters. The average molecular weight is 218 g/mol. The normalized spacial score (nSPS) is 10.6. The third-order valence-corrected chi connectivity index (χ3v) is 2.27. The number of rotatable bonds is 4. The zero-order valence-corrected chi connectivity index (χ0v) is 8.89. The maximum Gasteiger partial charge on any atom is 0.226 e. The molecule has 1 aromatic heterocycles. The van der Waals surface area contributed by atoms with Crippen LogP contribution in [0.2, 0.25) is 0 Å². The van der Waals surface area contributed by atoms with E-state index in [1.807, 2.05) is 6.07 Å². The van der Waals surface area contributed by atoms with Crippen molar-refractivity contribution in [3.05, 3.63) is 36.2 Å². The van der Waals surface area contributed by atoms with Crippen molar-refractivity contribution in [2.75, 3.05) is 6.54 Å². The number of hydrogen-bond donors (Lipinski definition) is 2. The van der Waals surface area contributed by atoms with E-state index in [1.54, 1.807) is 24.4 Å². The number of benzene rings is 1. The molecule has 0 aliphatic heterocycles. The maximum absolute atomic E-state index is 9.34. The monoisotopic (exact) mass is 218 g/mol. The van der Waals surface area contributed by atoms with Gasteiger partial charge in [-0.05, 0) is 31.2 Å². The van der Waals surface area contributed by atoms with Crippen molar-refractivity contribution < 1.29 is 9.52 Å². The largest absolute Gasteiger partial charge is 0.508 e. The van der Waals surface area contributed by atoms with Crippen molar-refractivity contribution in [3.8, 4) is 17.2 Å². The lowest BCUT2D eigenvalue weighted by Crippen LogP contribution is -1.99. The van der Waals surface area contributed by atoms with Gasteiger partial charge in [-0.2, -0.15) is 0 Å². The number of aromatic nitrogens is 1. The summed E-state index contributed by atoms with van der Waals surface area (Å²) in [6.45, 7) is 0.641. The Morgan fingerprint density at radius 3 is 3.00 bits per heavy atom. The summed E-state index contributed by atoms with van der Waals surface area (Å²) in [4.78, 5) is 4.16. The highest BCUT2D eigenvalue weighted by Crippen LogP contribution is 2.23. The summed E-state index contributed by atoms with van der Waals surface area (Å²) in [7, 11) is 0. The Morgan fingerprint density at radius 2 is 2.25 bits per heavy atom. The van der Waals surface area contributed by atoms with E-state index in [9.17, 15) is 5.11 Å². The number of phenolic OH excluding ortho intramolecular Hbond substituents is 1. The molecular formula is C12H14N2O2. The molecule has 0 fully saturated rings. The number of nitrogens with two attached hydrogens (primary N) is 1. The Kier molecular flexibility index (Phi) is 3.22. The second-order valence-corrected chi connectivity index (χ2v) is 3.57. The standard InChI is InChI=1S/C12H14N2O2/c13-6-2-5-11-8-14-12(16-11)9-3-1-4-10(15)7-9/h1,3-4,7-8,15H,2,5-6,13H2. The van der Waals surface area contributed by atoms with E-state index in [0.29, 0.717) is 12.4 Å². The van der Waals surface area contributed by atoms with Crippen LogP contribution in [0.1, 0.15) is 12.2 Å². The lowest BCUT2D eigenvalue weighted by molar-refractivity contribution is 0.474. The molecule has 84 valence electrons. The number of nitrogens with zero attached hydrogens (tertiary/aromatic N) is 1. The van der Waals surface area contributed by atoms with Crippen LogP contribution in [0, 0.1) is 0 Å². The van der Waals surface area contributed by atoms with Crippen LogP contribution < -0.4 is 5.73 Å². The van der Waals surface area contributed by atoms with E-state index in [0.717, 1.165) is 24.2 Å². The SMILES string of the molecule is NCCCc1cnc(-c2cccc(O)c2)o1. The molecule has 0 saturated carbocycles. The predicted octanol–water partition coefficient (Wildman–Crippen LogP) is 1.94. The summed E-state index contributed by atoms with van der Waals surface area (Å²) in [5, 5.41) is 9.34. The van der Waals surface area contributed by atoms with Gasteiger partial charge in [0, 0.05) is 12.0 Å². The highest BCUT2D eigenvalue weighted by atomic mass is 16.4. The van der Waals surface area contributed by atoms with Crippen molar-refractivity contribution in [2.45, 2.75) is 12.8 Å². The van der Waals surface area contributed by atoms with Gasteiger partial charge in [-0.25, -0.2) is 4.98 Å². The first-order valence-electron chi connectivity index (χ1n) is 5.24. The molecule has 0 amide bonds. The highest BCUT2D eigenvalue weighted by Gasteiger charge is 2.06. The number of phenols is 1. The van der Waals surface area contributed by atoms with Gasteiger partial charge in [-0.3, -0.25) is 0 Å². The number of oxazole rings is 1. The molecule has 4 nitrogen and oxygen atoms in total. The van der Waals surface area contributed by atoms with Gasteiger partial charge in [0.15, 0.2) is 0 Å². The fourth-order valence-corrected chi connectivity index (χ4v) is 1.47. The zero-order valence-electron chi connectivity index (χ0n) is 8.89. The minimum absolute atomic E-state index is 0.208. The van der Waals surface area contributed by atoms with Gasteiger partial charge in [-0.1, -0.05) is 6.07 Å². The van der Waals surface area contributed by atoms with Crippen LogP contribution in [0.25, 0.3) is 11.5 Å². The Morgan fingerprint density at radius 1 is 1.38 bits per heavy atom. The Balaban J connectivity index is 2.18. The van der Waals surface area contributed by atoms with Crippen molar-refractivity contribution in [3.63, 3.8) is 0 Å². The van der Waals surface area contributed by atoms with E-state index in [1.165, 1.54) is 0 Å². The molecule has 0 unspecified atom stereocenters. The zero-order chi connectivity index (χ0) is 11.4. The smallest absolute Gasteiger partial charge is 0.226 e. The average Bonchev–Trinajstić information content (AvgIpc) is 2.75. The molecule has 0 aliphatic carbocycles. The first-order valence-corrected chi connectivity index (χ1v) is 5.24. The quantitative estimate of drug-likeness (QED) is 0.822. The summed E-state index contributed by atoms with van der Waals surface area (Å²) < 4.78 is 5.55. The molecule has 0 bridgehead atoms. The number of aromatic hydroxyl groups is 1. The molecule has 2 rings (SSSR count). The van der Waals surface area contributed by atoms with Crippen LogP contribution in [-0.2, 0) is 6.42 Å². The van der Waals surface area contributed by atoms with Crippen molar-refractivity contribution in [1.29, 1.82) is 0 Å². The molecule has 0 saturated heterocycles. The van der Waals surface area contributed by atoms with Crippen LogP contribution in [0.3, 0.4) is 0 Å². The lowest BCUT2D eigenvalue weighted by atomic mass is 10.2. The van der Waals surface area contributed by atoms with E-state index in [2.05, 4.69) is 4.98 Å². The van der Waals surface area contributed by atoms with E-state index < -0.39 is 0 Å². The van der Waals surface area contributed by atoms with Crippen LogP contribution in [0.15, 0.2) is 34.9 Å². The van der Waals surface area contributed by atoms with Crippen molar-refractivity contribution >= 4 is 0 Å². The topological polar surface area (TPSA) is 72.3 Å². The Hall–Kier alpha value is -1.81. The fourth-order valence-electron chi connectivity index (χ4n) is 1.47. The van der Waals surface area contributed by atoms with E-state index in [4.69, 9.17) is 10.2 Å². The summed E-state index contributed by atoms with van der Waals surface area (Å²) in [5.74, 6) is 1.56. The molecule has 0 aliphatic rings. The molecule has 3 N–H and O–H groups in total. The lowest BCUT2D eigenvalue weighted by Gasteiger charge is -1.96. The van der Waals surface area contributed by atoms with Gasteiger partial charge < -0.3 is 15.3 Å². The summed E-state index contributed by atoms with van der Waals surface area (Å²) in [6.07, 6.45) is 3.38. The van der Waals surface area contributed by atoms with Gasteiger partial charge in [0.2, 0.25) is 5.89 Å². The maximum atomic E-state index is 9.34. The first kappa shape index (κ1) is 10.7. The van der Waals surface area contributed by atoms with Gasteiger partial charge in [-0.15, -0.1) is 0 Å². The number of aryl methyl sites for hydroxylation is 1. The van der Waals surface area contributed by atoms with Crippen LogP contribution >= 0.6 is 0 Å². The first-order chi connectivity index (χ1) is 7.79.